The van der Waals surface area contributed by atoms with E-state index in [1.807, 2.05) is 0 Å². The summed E-state index contributed by atoms with van der Waals surface area (Å²) in [4.78, 5) is 44.5. The Morgan fingerprint density at radius 2 is 1.35 bits per heavy atom. The van der Waals surface area contributed by atoms with Gasteiger partial charge >= 0.3 is 19.8 Å². The van der Waals surface area contributed by atoms with Gasteiger partial charge in [0.15, 0.2) is 6.04 Å². The van der Waals surface area contributed by atoms with Gasteiger partial charge in [0.05, 0.1) is 13.2 Å². The second-order valence-corrected chi connectivity index (χ2v) is 9.64. The lowest BCUT2D eigenvalue weighted by Gasteiger charge is -2.18. The van der Waals surface area contributed by atoms with E-state index < -0.39 is 57.6 Å². The Morgan fingerprint density at radius 3 is 1.91 bits per heavy atom. The molecular weight excluding hydrogens is 469 g/mol. The molecule has 0 radical (unpaired) electrons. The molecule has 3 atom stereocenters. The maximum atomic E-state index is 12.0. The fraction of sp³-hybridized carbons (Fsp3) is 0.864. The molecule has 0 aromatic heterocycles. The lowest BCUT2D eigenvalue weighted by atomic mass is 10.1. The lowest BCUT2D eigenvalue weighted by molar-refractivity contribution is -0.147. The summed E-state index contributed by atoms with van der Waals surface area (Å²) in [6, 6.07) is -1.53. The molecule has 4 N–H and O–H groups in total. The second kappa shape index (κ2) is 19.8. The van der Waals surface area contributed by atoms with Crippen molar-refractivity contribution in [2.75, 3.05) is 19.8 Å². The molecule has 0 aromatic rings. The number of rotatable bonds is 22. The summed E-state index contributed by atoms with van der Waals surface area (Å²) in [5.41, 5.74) is 0. The Bertz CT molecular complexity index is 631. The van der Waals surface area contributed by atoms with Crippen LogP contribution in [0.3, 0.4) is 0 Å². The minimum Gasteiger partial charge on any atom is -0.480 e. The molecular formula is C22H42NO10P. The van der Waals surface area contributed by atoms with Gasteiger partial charge in [-0.3, -0.25) is 18.6 Å². The van der Waals surface area contributed by atoms with E-state index in [-0.39, 0.29) is 12.8 Å². The predicted octanol–water partition coefficient (Wildman–Crippen LogP) is 3.31. The fourth-order valence-corrected chi connectivity index (χ4v) is 3.67. The van der Waals surface area contributed by atoms with Crippen molar-refractivity contribution in [3.8, 4) is 0 Å². The summed E-state index contributed by atoms with van der Waals surface area (Å²) in [7, 11) is -4.71. The molecule has 34 heavy (non-hydrogen) atoms. The molecule has 0 bridgehead atoms. The van der Waals surface area contributed by atoms with E-state index in [0.717, 1.165) is 51.4 Å². The lowest BCUT2D eigenvalue weighted by Crippen LogP contribution is -2.43. The normalized spacial score (nSPS) is 14.7. The third-order valence-electron chi connectivity index (χ3n) is 4.90. The van der Waals surface area contributed by atoms with Crippen LogP contribution in [-0.4, -0.2) is 64.9 Å². The van der Waals surface area contributed by atoms with E-state index in [4.69, 9.17) is 4.74 Å². The van der Waals surface area contributed by atoms with E-state index in [2.05, 4.69) is 28.2 Å². The van der Waals surface area contributed by atoms with Crippen molar-refractivity contribution in [3.63, 3.8) is 0 Å². The number of aliphatic hydroxyl groups is 1. The molecule has 0 aliphatic carbocycles. The average molecular weight is 512 g/mol. The zero-order chi connectivity index (χ0) is 25.8. The van der Waals surface area contributed by atoms with Crippen LogP contribution in [0.4, 0.5) is 0 Å². The third kappa shape index (κ3) is 18.9. The van der Waals surface area contributed by atoms with Crippen LogP contribution in [0.5, 0.6) is 0 Å². The second-order valence-electron chi connectivity index (χ2n) is 8.18. The first-order valence-electron chi connectivity index (χ1n) is 12.1. The van der Waals surface area contributed by atoms with E-state index in [1.165, 1.54) is 0 Å². The average Bonchev–Trinajstić information content (AvgIpc) is 2.78. The maximum Gasteiger partial charge on any atom is 0.472 e. The van der Waals surface area contributed by atoms with E-state index in [1.54, 1.807) is 0 Å². The smallest absolute Gasteiger partial charge is 0.472 e. The van der Waals surface area contributed by atoms with Gasteiger partial charge in [-0.25, -0.2) is 9.36 Å². The molecule has 0 aliphatic heterocycles. The molecule has 0 saturated heterocycles. The molecule has 1 amide bonds. The number of carboxylic acid groups (broad SMARTS) is 1. The Morgan fingerprint density at radius 1 is 0.824 bits per heavy atom. The van der Waals surface area contributed by atoms with Crippen LogP contribution in [0.25, 0.3) is 0 Å². The maximum absolute atomic E-state index is 12.0. The summed E-state index contributed by atoms with van der Waals surface area (Å²) < 4.78 is 26.1. The van der Waals surface area contributed by atoms with Crippen LogP contribution in [0.15, 0.2) is 0 Å². The number of phosphoric ester groups is 1. The van der Waals surface area contributed by atoms with Gasteiger partial charge in [-0.15, -0.1) is 0 Å². The number of ether oxygens (including phenoxy) is 1. The highest BCUT2D eigenvalue weighted by atomic mass is 31.2. The fourth-order valence-electron chi connectivity index (χ4n) is 2.90. The van der Waals surface area contributed by atoms with E-state index >= 15 is 0 Å². The number of aliphatic carboxylic acids is 1. The van der Waals surface area contributed by atoms with Crippen LogP contribution in [0.2, 0.25) is 0 Å². The zero-order valence-corrected chi connectivity index (χ0v) is 21.3. The van der Waals surface area contributed by atoms with Crippen molar-refractivity contribution >= 4 is 25.7 Å². The molecule has 200 valence electrons. The summed E-state index contributed by atoms with van der Waals surface area (Å²) >= 11 is 0. The number of phosphoric acid groups is 1. The van der Waals surface area contributed by atoms with Crippen molar-refractivity contribution in [1.29, 1.82) is 0 Å². The number of unbranched alkanes of at least 4 members (excludes halogenated alkanes) is 8. The highest BCUT2D eigenvalue weighted by molar-refractivity contribution is 7.47. The largest absolute Gasteiger partial charge is 0.480 e. The van der Waals surface area contributed by atoms with Gasteiger partial charge < -0.3 is 25.2 Å². The summed E-state index contributed by atoms with van der Waals surface area (Å²) in [5, 5.41) is 21.2. The number of carbonyl (C=O) groups is 3. The Hall–Kier alpha value is -1.52. The summed E-state index contributed by atoms with van der Waals surface area (Å²) in [5.74, 6) is -2.41. The highest BCUT2D eigenvalue weighted by Gasteiger charge is 2.28. The number of hydrogen-bond acceptors (Lipinski definition) is 8. The Kier molecular flexibility index (Phi) is 18.9. The zero-order valence-electron chi connectivity index (χ0n) is 20.4. The van der Waals surface area contributed by atoms with E-state index in [0.29, 0.717) is 12.8 Å². The molecule has 0 saturated carbocycles. The number of amides is 1. The van der Waals surface area contributed by atoms with Crippen molar-refractivity contribution in [1.82, 2.24) is 5.32 Å². The molecule has 0 fully saturated rings. The standard InChI is InChI=1S/C22H42NO10P/c1-3-5-7-9-11-13-20(25)23-19(22(27)28)17-33-34(29,30)32-16-18(24)15-31-21(26)14-12-10-8-6-4-2/h18-19,24H,3-17H2,1-2H3,(H,23,25)(H,27,28)(H,29,30). The summed E-state index contributed by atoms with van der Waals surface area (Å²) in [6.07, 6.45) is 8.43. The number of hydrogen-bond donors (Lipinski definition) is 4. The minimum atomic E-state index is -4.71. The molecule has 11 nitrogen and oxygen atoms in total. The molecule has 0 heterocycles. The van der Waals surface area contributed by atoms with Crippen LogP contribution in [0, 0.1) is 0 Å². The minimum absolute atomic E-state index is 0.143. The van der Waals surface area contributed by atoms with E-state index in [9.17, 15) is 34.1 Å². The van der Waals surface area contributed by atoms with Crippen LogP contribution in [-0.2, 0) is 32.7 Å². The van der Waals surface area contributed by atoms with Gasteiger partial charge in [0, 0.05) is 12.8 Å². The first kappa shape index (κ1) is 32.5. The number of carbonyl (C=O) groups excluding carboxylic acids is 2. The van der Waals surface area contributed by atoms with Crippen molar-refractivity contribution in [3.05, 3.63) is 0 Å². The molecule has 0 aliphatic rings. The predicted molar refractivity (Wildman–Crippen MR) is 125 cm³/mol. The number of carboxylic acids is 1. The quantitative estimate of drug-likeness (QED) is 0.0961. The molecule has 0 spiro atoms. The van der Waals surface area contributed by atoms with Crippen molar-refractivity contribution in [2.45, 2.75) is 103 Å². The first-order chi connectivity index (χ1) is 16.1. The van der Waals surface area contributed by atoms with Gasteiger partial charge in [-0.2, -0.15) is 0 Å². The van der Waals surface area contributed by atoms with Crippen molar-refractivity contribution in [2.24, 2.45) is 0 Å². The monoisotopic (exact) mass is 511 g/mol. The number of aliphatic hydroxyl groups excluding tert-OH is 1. The van der Waals surface area contributed by atoms with Gasteiger partial charge in [-0.1, -0.05) is 65.2 Å². The highest BCUT2D eigenvalue weighted by Crippen LogP contribution is 2.43. The van der Waals surface area contributed by atoms with Crippen LogP contribution >= 0.6 is 7.82 Å². The van der Waals surface area contributed by atoms with Gasteiger partial charge in [0.2, 0.25) is 5.91 Å². The van der Waals surface area contributed by atoms with Gasteiger partial charge in [0.25, 0.3) is 0 Å². The van der Waals surface area contributed by atoms with Crippen LogP contribution in [0.1, 0.15) is 90.9 Å². The van der Waals surface area contributed by atoms with Crippen LogP contribution < -0.4 is 5.32 Å². The van der Waals surface area contributed by atoms with Gasteiger partial charge in [0.1, 0.15) is 12.7 Å². The SMILES string of the molecule is CCCCCCCC(=O)NC(COP(=O)(O)OCC(O)COC(=O)CCCCCCC)C(=O)O. The Labute approximate surface area is 202 Å². The molecule has 0 rings (SSSR count). The molecule has 3 unspecified atom stereocenters. The summed E-state index contributed by atoms with van der Waals surface area (Å²) in [6.45, 7) is 2.28. The number of nitrogens with one attached hydrogen (secondary N) is 1. The first-order valence-corrected chi connectivity index (χ1v) is 13.6. The third-order valence-corrected chi connectivity index (χ3v) is 5.85. The van der Waals surface area contributed by atoms with Crippen molar-refractivity contribution < 1.29 is 47.8 Å². The molecule has 12 heteroatoms. The van der Waals surface area contributed by atoms with Gasteiger partial charge in [-0.05, 0) is 12.8 Å². The Balaban J connectivity index is 4.21. The topological polar surface area (TPSA) is 169 Å². The molecule has 0 aromatic carbocycles. The number of esters is 1.